The average molecular weight is 288 g/mol. The number of rotatable bonds is 3. The number of ether oxygens (including phenoxy) is 1. The van der Waals surface area contributed by atoms with Gasteiger partial charge in [-0.1, -0.05) is 22.8 Å². The lowest BCUT2D eigenvalue weighted by Gasteiger charge is -2.32. The Morgan fingerprint density at radius 1 is 1.63 bits per heavy atom. The Morgan fingerprint density at radius 2 is 2.42 bits per heavy atom. The summed E-state index contributed by atoms with van der Waals surface area (Å²) in [5, 5.41) is 12.0. The van der Waals surface area contributed by atoms with Crippen molar-refractivity contribution in [1.82, 2.24) is 4.90 Å². The molecule has 5 nitrogen and oxygen atoms in total. The van der Waals surface area contributed by atoms with Gasteiger partial charge in [0.05, 0.1) is 6.61 Å². The standard InChI is InChI=1S/C12H15ClFN3O2/c13-10-5-9(14)2-1-8(10)6-17-3-4-19-11(7-17)12(15)16-18/h1-2,5,11,18H,3-4,6-7H2,(H2,15,16). The summed E-state index contributed by atoms with van der Waals surface area (Å²) in [7, 11) is 0. The summed E-state index contributed by atoms with van der Waals surface area (Å²) in [5.41, 5.74) is 6.36. The molecule has 0 saturated carbocycles. The van der Waals surface area contributed by atoms with E-state index >= 15 is 0 Å². The van der Waals surface area contributed by atoms with E-state index in [1.807, 2.05) is 0 Å². The van der Waals surface area contributed by atoms with Gasteiger partial charge >= 0.3 is 0 Å². The predicted octanol–water partition coefficient (Wildman–Crippen LogP) is 1.43. The maximum atomic E-state index is 13.0. The highest BCUT2D eigenvalue weighted by Crippen LogP contribution is 2.20. The molecule has 19 heavy (non-hydrogen) atoms. The van der Waals surface area contributed by atoms with E-state index in [0.717, 1.165) is 5.56 Å². The van der Waals surface area contributed by atoms with Gasteiger partial charge in [0.2, 0.25) is 0 Å². The van der Waals surface area contributed by atoms with E-state index in [-0.39, 0.29) is 11.7 Å². The Kier molecular flexibility index (Phi) is 4.57. The van der Waals surface area contributed by atoms with Crippen molar-refractivity contribution in [2.24, 2.45) is 10.9 Å². The molecule has 1 aliphatic rings. The number of amidine groups is 1. The zero-order valence-corrected chi connectivity index (χ0v) is 11.0. The molecule has 1 heterocycles. The molecule has 0 aliphatic carbocycles. The number of hydrogen-bond donors (Lipinski definition) is 2. The van der Waals surface area contributed by atoms with Crippen molar-refractivity contribution in [3.8, 4) is 0 Å². The lowest BCUT2D eigenvalue weighted by Crippen LogP contribution is -2.48. The van der Waals surface area contributed by atoms with Crippen LogP contribution in [0.15, 0.2) is 23.4 Å². The fraction of sp³-hybridized carbons (Fsp3) is 0.417. The maximum absolute atomic E-state index is 13.0. The zero-order valence-electron chi connectivity index (χ0n) is 10.2. The van der Waals surface area contributed by atoms with Crippen LogP contribution in [0.3, 0.4) is 0 Å². The fourth-order valence-corrected chi connectivity index (χ4v) is 2.21. The molecule has 0 bridgehead atoms. The van der Waals surface area contributed by atoms with Crippen LogP contribution in [-0.2, 0) is 11.3 Å². The van der Waals surface area contributed by atoms with Crippen molar-refractivity contribution in [1.29, 1.82) is 0 Å². The van der Waals surface area contributed by atoms with E-state index in [1.54, 1.807) is 6.07 Å². The van der Waals surface area contributed by atoms with Crippen LogP contribution in [0.1, 0.15) is 5.56 Å². The highest BCUT2D eigenvalue weighted by molar-refractivity contribution is 6.31. The topological polar surface area (TPSA) is 71.1 Å². The van der Waals surface area contributed by atoms with Crippen LogP contribution >= 0.6 is 11.6 Å². The lowest BCUT2D eigenvalue weighted by molar-refractivity contribution is 0.00141. The quantitative estimate of drug-likeness (QED) is 0.382. The molecule has 0 spiro atoms. The minimum absolute atomic E-state index is 0.0508. The zero-order chi connectivity index (χ0) is 13.8. The first-order chi connectivity index (χ1) is 9.10. The van der Waals surface area contributed by atoms with Crippen molar-refractivity contribution in [3.63, 3.8) is 0 Å². The normalized spacial score (nSPS) is 21.6. The Hall–Kier alpha value is -1.37. The molecular weight excluding hydrogens is 273 g/mol. The lowest BCUT2D eigenvalue weighted by atomic mass is 10.1. The second kappa shape index (κ2) is 6.18. The van der Waals surface area contributed by atoms with E-state index in [2.05, 4.69) is 10.1 Å². The number of hydrogen-bond acceptors (Lipinski definition) is 4. The highest BCUT2D eigenvalue weighted by Gasteiger charge is 2.24. The smallest absolute Gasteiger partial charge is 0.169 e. The van der Waals surface area contributed by atoms with Crippen LogP contribution < -0.4 is 5.73 Å². The molecule has 0 radical (unpaired) electrons. The molecule has 1 atom stereocenters. The third kappa shape index (κ3) is 3.56. The van der Waals surface area contributed by atoms with E-state index < -0.39 is 6.10 Å². The second-order valence-electron chi connectivity index (χ2n) is 4.36. The molecule has 1 saturated heterocycles. The number of halogens is 2. The minimum atomic E-state index is -0.432. The molecule has 1 unspecified atom stereocenters. The van der Waals surface area contributed by atoms with Gasteiger partial charge in [-0.3, -0.25) is 4.90 Å². The van der Waals surface area contributed by atoms with Gasteiger partial charge in [0, 0.05) is 24.7 Å². The summed E-state index contributed by atoms with van der Waals surface area (Å²) in [6, 6.07) is 4.33. The number of oxime groups is 1. The van der Waals surface area contributed by atoms with Crippen LogP contribution in [0, 0.1) is 5.82 Å². The molecule has 0 amide bonds. The fourth-order valence-electron chi connectivity index (χ4n) is 1.98. The minimum Gasteiger partial charge on any atom is -0.409 e. The van der Waals surface area contributed by atoms with Crippen molar-refractivity contribution < 1.29 is 14.3 Å². The summed E-state index contributed by atoms with van der Waals surface area (Å²) in [6.07, 6.45) is -0.432. The summed E-state index contributed by atoms with van der Waals surface area (Å²) in [5.74, 6) is -0.305. The molecule has 0 aromatic heterocycles. The predicted molar refractivity (Wildman–Crippen MR) is 69.8 cm³/mol. The Bertz CT molecular complexity index is 484. The molecule has 1 fully saturated rings. The van der Waals surface area contributed by atoms with Gasteiger partial charge in [-0.05, 0) is 17.7 Å². The van der Waals surface area contributed by atoms with Crippen molar-refractivity contribution in [2.45, 2.75) is 12.6 Å². The van der Waals surface area contributed by atoms with Gasteiger partial charge in [-0.25, -0.2) is 4.39 Å². The largest absolute Gasteiger partial charge is 0.409 e. The van der Waals surface area contributed by atoms with Gasteiger partial charge in [-0.2, -0.15) is 0 Å². The number of morpholine rings is 1. The monoisotopic (exact) mass is 287 g/mol. The van der Waals surface area contributed by atoms with Crippen LogP contribution in [0.25, 0.3) is 0 Å². The van der Waals surface area contributed by atoms with E-state index in [9.17, 15) is 4.39 Å². The van der Waals surface area contributed by atoms with Crippen molar-refractivity contribution >= 4 is 17.4 Å². The Morgan fingerprint density at radius 3 is 3.11 bits per heavy atom. The first-order valence-corrected chi connectivity index (χ1v) is 6.23. The van der Waals surface area contributed by atoms with Crippen molar-refractivity contribution in [2.75, 3.05) is 19.7 Å². The third-order valence-electron chi connectivity index (χ3n) is 3.00. The second-order valence-corrected chi connectivity index (χ2v) is 4.76. The number of nitrogens with two attached hydrogens (primary N) is 1. The third-order valence-corrected chi connectivity index (χ3v) is 3.36. The van der Waals surface area contributed by atoms with Gasteiger partial charge in [-0.15, -0.1) is 0 Å². The molecule has 104 valence electrons. The van der Waals surface area contributed by atoms with Crippen LogP contribution in [0.5, 0.6) is 0 Å². The maximum Gasteiger partial charge on any atom is 0.169 e. The van der Waals surface area contributed by atoms with Gasteiger partial charge < -0.3 is 15.7 Å². The number of nitrogens with zero attached hydrogens (tertiary/aromatic N) is 2. The van der Waals surface area contributed by atoms with Crippen LogP contribution in [0.4, 0.5) is 4.39 Å². The first-order valence-electron chi connectivity index (χ1n) is 5.85. The number of benzene rings is 1. The van der Waals surface area contributed by atoms with E-state index in [0.29, 0.717) is 31.3 Å². The Balaban J connectivity index is 2.02. The van der Waals surface area contributed by atoms with E-state index in [1.165, 1.54) is 12.1 Å². The molecule has 1 aromatic carbocycles. The Labute approximate surface area is 115 Å². The SMILES string of the molecule is NC(=NO)C1CN(Cc2ccc(F)cc2Cl)CCO1. The molecule has 2 rings (SSSR count). The van der Waals surface area contributed by atoms with Gasteiger partial charge in [0.15, 0.2) is 5.84 Å². The highest BCUT2D eigenvalue weighted by atomic mass is 35.5. The van der Waals surface area contributed by atoms with Crippen LogP contribution in [0.2, 0.25) is 5.02 Å². The van der Waals surface area contributed by atoms with Gasteiger partial charge in [0.1, 0.15) is 11.9 Å². The summed E-state index contributed by atoms with van der Waals surface area (Å²) < 4.78 is 18.4. The van der Waals surface area contributed by atoms with Crippen LogP contribution in [-0.4, -0.2) is 41.7 Å². The summed E-state index contributed by atoms with van der Waals surface area (Å²) in [4.78, 5) is 2.06. The molecule has 1 aromatic rings. The van der Waals surface area contributed by atoms with E-state index in [4.69, 9.17) is 27.3 Å². The summed E-state index contributed by atoms with van der Waals surface area (Å²) >= 11 is 5.99. The average Bonchev–Trinajstić information content (AvgIpc) is 2.41. The molecule has 3 N–H and O–H groups in total. The first kappa shape index (κ1) is 14.0. The molecular formula is C12H15ClFN3O2. The molecule has 7 heteroatoms. The molecule has 1 aliphatic heterocycles. The summed E-state index contributed by atoms with van der Waals surface area (Å²) in [6.45, 7) is 2.27. The van der Waals surface area contributed by atoms with Crippen molar-refractivity contribution in [3.05, 3.63) is 34.6 Å². The van der Waals surface area contributed by atoms with Gasteiger partial charge in [0.25, 0.3) is 0 Å².